The summed E-state index contributed by atoms with van der Waals surface area (Å²) >= 11 is 0. The Labute approximate surface area is 161 Å². The van der Waals surface area contributed by atoms with Gasteiger partial charge in [-0.2, -0.15) is 0 Å². The first-order valence-corrected chi connectivity index (χ1v) is 9.30. The number of hydrogen-bond donors (Lipinski definition) is 1. The summed E-state index contributed by atoms with van der Waals surface area (Å²) in [4.78, 5) is 26.7. The predicted molar refractivity (Wildman–Crippen MR) is 110 cm³/mol. The SMILES string of the molecule is C=CCNC(=O)Cc1cccc(N(Cc2ccccc2)C(=O)CC(C)C)c1. The lowest BCUT2D eigenvalue weighted by atomic mass is 10.1. The van der Waals surface area contributed by atoms with E-state index in [2.05, 4.69) is 11.9 Å². The van der Waals surface area contributed by atoms with Gasteiger partial charge in [0.2, 0.25) is 11.8 Å². The summed E-state index contributed by atoms with van der Waals surface area (Å²) in [7, 11) is 0. The Bertz CT molecular complexity index is 769. The molecule has 2 rings (SSSR count). The first-order chi connectivity index (χ1) is 13.0. The summed E-state index contributed by atoms with van der Waals surface area (Å²) in [6.45, 7) is 8.64. The minimum atomic E-state index is -0.0600. The van der Waals surface area contributed by atoms with E-state index >= 15 is 0 Å². The van der Waals surface area contributed by atoms with Gasteiger partial charge in [0.1, 0.15) is 0 Å². The molecule has 0 bridgehead atoms. The van der Waals surface area contributed by atoms with Crippen LogP contribution in [0.25, 0.3) is 0 Å². The van der Waals surface area contributed by atoms with Crippen molar-refractivity contribution >= 4 is 17.5 Å². The third kappa shape index (κ3) is 6.74. The highest BCUT2D eigenvalue weighted by Gasteiger charge is 2.18. The monoisotopic (exact) mass is 364 g/mol. The Hall–Kier alpha value is -2.88. The van der Waals surface area contributed by atoms with E-state index in [0.717, 1.165) is 16.8 Å². The number of rotatable bonds is 9. The van der Waals surface area contributed by atoms with Gasteiger partial charge in [0.15, 0.2) is 0 Å². The maximum absolute atomic E-state index is 12.9. The lowest BCUT2D eigenvalue weighted by Gasteiger charge is -2.24. The fourth-order valence-corrected chi connectivity index (χ4v) is 2.82. The molecular formula is C23H28N2O2. The van der Waals surface area contributed by atoms with Gasteiger partial charge in [0, 0.05) is 18.7 Å². The maximum atomic E-state index is 12.9. The van der Waals surface area contributed by atoms with E-state index in [9.17, 15) is 9.59 Å². The Morgan fingerprint density at radius 3 is 2.44 bits per heavy atom. The third-order valence-electron chi connectivity index (χ3n) is 4.10. The van der Waals surface area contributed by atoms with Crippen LogP contribution in [0.4, 0.5) is 5.69 Å². The first-order valence-electron chi connectivity index (χ1n) is 9.30. The van der Waals surface area contributed by atoms with Crippen LogP contribution in [0, 0.1) is 5.92 Å². The average molecular weight is 364 g/mol. The van der Waals surface area contributed by atoms with Crippen LogP contribution >= 0.6 is 0 Å². The van der Waals surface area contributed by atoms with Crippen LogP contribution in [-0.2, 0) is 22.6 Å². The Morgan fingerprint density at radius 1 is 1.07 bits per heavy atom. The van der Waals surface area contributed by atoms with Crippen molar-refractivity contribution in [1.82, 2.24) is 5.32 Å². The van der Waals surface area contributed by atoms with Gasteiger partial charge in [0.25, 0.3) is 0 Å². The van der Waals surface area contributed by atoms with Crippen LogP contribution in [0.1, 0.15) is 31.4 Å². The largest absolute Gasteiger partial charge is 0.352 e. The second-order valence-corrected chi connectivity index (χ2v) is 7.00. The molecule has 0 aliphatic carbocycles. The van der Waals surface area contributed by atoms with E-state index in [-0.39, 0.29) is 24.2 Å². The van der Waals surface area contributed by atoms with Gasteiger partial charge in [-0.05, 0) is 29.2 Å². The lowest BCUT2D eigenvalue weighted by Crippen LogP contribution is -2.31. The van der Waals surface area contributed by atoms with Crippen molar-refractivity contribution in [3.63, 3.8) is 0 Å². The van der Waals surface area contributed by atoms with Crippen LogP contribution < -0.4 is 10.2 Å². The number of nitrogens with one attached hydrogen (secondary N) is 1. The minimum Gasteiger partial charge on any atom is -0.352 e. The second-order valence-electron chi connectivity index (χ2n) is 7.00. The summed E-state index contributed by atoms with van der Waals surface area (Å²) in [5.74, 6) is 0.306. The predicted octanol–water partition coefficient (Wildman–Crippen LogP) is 4.11. The van der Waals surface area contributed by atoms with Gasteiger partial charge in [0.05, 0.1) is 13.0 Å². The van der Waals surface area contributed by atoms with Crippen LogP contribution in [0.3, 0.4) is 0 Å². The van der Waals surface area contributed by atoms with Crippen molar-refractivity contribution in [1.29, 1.82) is 0 Å². The van der Waals surface area contributed by atoms with Crippen molar-refractivity contribution in [3.8, 4) is 0 Å². The van der Waals surface area contributed by atoms with E-state index in [1.807, 2.05) is 68.4 Å². The van der Waals surface area contributed by atoms with Gasteiger partial charge in [-0.15, -0.1) is 6.58 Å². The lowest BCUT2D eigenvalue weighted by molar-refractivity contribution is -0.120. The summed E-state index contributed by atoms with van der Waals surface area (Å²) in [6, 6.07) is 17.6. The Kier molecular flexibility index (Phi) is 7.80. The van der Waals surface area contributed by atoms with Crippen LogP contribution in [0.2, 0.25) is 0 Å². The summed E-state index contributed by atoms with van der Waals surface area (Å²) in [5, 5.41) is 2.78. The molecule has 2 aromatic rings. The van der Waals surface area contributed by atoms with Gasteiger partial charge in [-0.25, -0.2) is 0 Å². The Morgan fingerprint density at radius 2 is 1.78 bits per heavy atom. The number of nitrogens with zero attached hydrogens (tertiary/aromatic N) is 1. The number of carbonyl (C=O) groups is 2. The van der Waals surface area contributed by atoms with Crippen molar-refractivity contribution < 1.29 is 9.59 Å². The average Bonchev–Trinajstić information content (AvgIpc) is 2.65. The zero-order valence-electron chi connectivity index (χ0n) is 16.2. The molecule has 0 aliphatic heterocycles. The molecule has 0 saturated heterocycles. The molecule has 27 heavy (non-hydrogen) atoms. The number of carbonyl (C=O) groups excluding carboxylic acids is 2. The van der Waals surface area contributed by atoms with Crippen LogP contribution in [0.15, 0.2) is 67.3 Å². The van der Waals surface area contributed by atoms with E-state index in [4.69, 9.17) is 0 Å². The molecule has 142 valence electrons. The highest BCUT2D eigenvalue weighted by atomic mass is 16.2. The molecule has 0 aromatic heterocycles. The number of hydrogen-bond acceptors (Lipinski definition) is 2. The van der Waals surface area contributed by atoms with Gasteiger partial charge in [-0.1, -0.05) is 62.4 Å². The topological polar surface area (TPSA) is 49.4 Å². The third-order valence-corrected chi connectivity index (χ3v) is 4.10. The molecule has 2 amide bonds. The van der Waals surface area contributed by atoms with Crippen LogP contribution in [-0.4, -0.2) is 18.4 Å². The zero-order valence-corrected chi connectivity index (χ0v) is 16.2. The second kappa shape index (κ2) is 10.3. The fourth-order valence-electron chi connectivity index (χ4n) is 2.82. The normalized spacial score (nSPS) is 10.5. The molecule has 2 aromatic carbocycles. The van der Waals surface area contributed by atoms with Gasteiger partial charge >= 0.3 is 0 Å². The standard InChI is InChI=1S/C23H28N2O2/c1-4-13-24-22(26)16-20-11-8-12-21(15-20)25(23(27)14-18(2)3)17-19-9-6-5-7-10-19/h4-12,15,18H,1,13-14,16-17H2,2-3H3,(H,24,26). The number of benzene rings is 2. The quantitative estimate of drug-likeness (QED) is 0.681. The smallest absolute Gasteiger partial charge is 0.227 e. The number of anilines is 1. The molecule has 4 nitrogen and oxygen atoms in total. The van der Waals surface area contributed by atoms with Crippen molar-refractivity contribution in [2.45, 2.75) is 33.2 Å². The molecule has 1 N–H and O–H groups in total. The molecule has 0 atom stereocenters. The van der Waals surface area contributed by atoms with E-state index in [1.54, 1.807) is 11.0 Å². The van der Waals surface area contributed by atoms with E-state index in [0.29, 0.717) is 19.5 Å². The number of amides is 2. The van der Waals surface area contributed by atoms with E-state index in [1.165, 1.54) is 0 Å². The minimum absolute atomic E-state index is 0.0600. The molecule has 0 radical (unpaired) electrons. The molecule has 0 unspecified atom stereocenters. The van der Waals surface area contributed by atoms with Crippen molar-refractivity contribution in [2.24, 2.45) is 5.92 Å². The van der Waals surface area contributed by atoms with Gasteiger partial charge in [-0.3, -0.25) is 9.59 Å². The molecule has 0 fully saturated rings. The van der Waals surface area contributed by atoms with Crippen molar-refractivity contribution in [3.05, 3.63) is 78.4 Å². The molecule has 0 heterocycles. The fraction of sp³-hybridized carbons (Fsp3) is 0.304. The molecule has 0 aliphatic rings. The molecular weight excluding hydrogens is 336 g/mol. The molecule has 4 heteroatoms. The van der Waals surface area contributed by atoms with Crippen molar-refractivity contribution in [2.75, 3.05) is 11.4 Å². The molecule has 0 saturated carbocycles. The summed E-state index contributed by atoms with van der Waals surface area (Å²) < 4.78 is 0. The summed E-state index contributed by atoms with van der Waals surface area (Å²) in [6.07, 6.45) is 2.41. The highest BCUT2D eigenvalue weighted by Crippen LogP contribution is 2.21. The summed E-state index contributed by atoms with van der Waals surface area (Å²) in [5.41, 5.74) is 2.77. The van der Waals surface area contributed by atoms with E-state index < -0.39 is 0 Å². The maximum Gasteiger partial charge on any atom is 0.227 e. The zero-order chi connectivity index (χ0) is 19.6. The van der Waals surface area contributed by atoms with Gasteiger partial charge < -0.3 is 10.2 Å². The first kappa shape index (κ1) is 20.4. The Balaban J connectivity index is 2.23. The van der Waals surface area contributed by atoms with Crippen LogP contribution in [0.5, 0.6) is 0 Å². The highest BCUT2D eigenvalue weighted by molar-refractivity contribution is 5.93. The molecule has 0 spiro atoms.